The highest BCUT2D eigenvalue weighted by atomic mass is 32.2. The van der Waals surface area contributed by atoms with Gasteiger partial charge < -0.3 is 9.47 Å². The van der Waals surface area contributed by atoms with E-state index in [4.69, 9.17) is 0 Å². The number of carbonyl (C=O) groups excluding carboxylic acids is 2. The van der Waals surface area contributed by atoms with Crippen LogP contribution in [-0.4, -0.2) is 46.7 Å². The van der Waals surface area contributed by atoms with Gasteiger partial charge in [0, 0.05) is 0 Å². The van der Waals surface area contributed by atoms with Crippen LogP contribution in [0.4, 0.5) is 0 Å². The first-order chi connectivity index (χ1) is 7.67. The zero-order valence-corrected chi connectivity index (χ0v) is 9.69. The van der Waals surface area contributed by atoms with Crippen LogP contribution in [0.1, 0.15) is 0 Å². The smallest absolute Gasteiger partial charge is 0.325 e. The second-order valence-corrected chi connectivity index (χ2v) is 3.62. The minimum atomic E-state index is -0.403. The normalized spacial score (nSPS) is 9.88. The van der Waals surface area contributed by atoms with Crippen molar-refractivity contribution >= 4 is 23.7 Å². The van der Waals surface area contributed by atoms with E-state index in [-0.39, 0.29) is 18.3 Å². The van der Waals surface area contributed by atoms with E-state index in [1.165, 1.54) is 25.1 Å². The lowest BCUT2D eigenvalue weighted by Crippen LogP contribution is -2.12. The van der Waals surface area contributed by atoms with Gasteiger partial charge in [-0.2, -0.15) is 0 Å². The Balaban J connectivity index is 2.56. The Kier molecular flexibility index (Phi) is 4.77. The van der Waals surface area contributed by atoms with E-state index < -0.39 is 5.97 Å². The molecule has 0 N–H and O–H groups in total. The van der Waals surface area contributed by atoms with Gasteiger partial charge in [-0.3, -0.25) is 14.2 Å². The third-order valence-corrected chi connectivity index (χ3v) is 2.61. The summed E-state index contributed by atoms with van der Waals surface area (Å²) in [6, 6.07) is 0. The lowest BCUT2D eigenvalue weighted by molar-refractivity contribution is -0.141. The average molecular weight is 245 g/mol. The molecule has 7 nitrogen and oxygen atoms in total. The number of carbonyl (C=O) groups is 2. The van der Waals surface area contributed by atoms with Gasteiger partial charge >= 0.3 is 11.9 Å². The molecule has 1 aromatic rings. The van der Waals surface area contributed by atoms with Crippen molar-refractivity contribution in [2.24, 2.45) is 0 Å². The molecule has 0 aliphatic carbocycles. The fourth-order valence-electron chi connectivity index (χ4n) is 0.851. The molecule has 0 saturated carbocycles. The SMILES string of the molecule is COC(=O)CSc1nncn1CC(=O)OC. The Hall–Kier alpha value is -1.57. The van der Waals surface area contributed by atoms with E-state index in [2.05, 4.69) is 19.7 Å². The van der Waals surface area contributed by atoms with Crippen molar-refractivity contribution in [1.82, 2.24) is 14.8 Å². The van der Waals surface area contributed by atoms with Crippen LogP contribution >= 0.6 is 11.8 Å². The van der Waals surface area contributed by atoms with E-state index in [1.54, 1.807) is 0 Å². The van der Waals surface area contributed by atoms with Crippen molar-refractivity contribution in [3.63, 3.8) is 0 Å². The van der Waals surface area contributed by atoms with Crippen LogP contribution in [0.15, 0.2) is 11.5 Å². The molecule has 0 aliphatic heterocycles. The molecular formula is C8H11N3O4S. The first-order valence-electron chi connectivity index (χ1n) is 4.31. The molecule has 0 atom stereocenters. The third-order valence-electron chi connectivity index (χ3n) is 1.65. The van der Waals surface area contributed by atoms with Crippen LogP contribution in [0.3, 0.4) is 0 Å². The summed E-state index contributed by atoms with van der Waals surface area (Å²) in [6.45, 7) is 0.0208. The first-order valence-corrected chi connectivity index (χ1v) is 5.30. The standard InChI is InChI=1S/C8H11N3O4S/c1-14-6(12)3-11-5-9-10-8(11)16-4-7(13)15-2/h5H,3-4H2,1-2H3. The maximum atomic E-state index is 11.0. The number of thioether (sulfide) groups is 1. The van der Waals surface area contributed by atoms with Crippen LogP contribution in [-0.2, 0) is 25.6 Å². The minimum absolute atomic E-state index is 0.0208. The molecule has 16 heavy (non-hydrogen) atoms. The van der Waals surface area contributed by atoms with Crippen molar-refractivity contribution in [3.05, 3.63) is 6.33 Å². The Bertz CT molecular complexity index is 379. The number of hydrogen-bond acceptors (Lipinski definition) is 7. The second kappa shape index (κ2) is 6.11. The summed E-state index contributed by atoms with van der Waals surface area (Å²) in [7, 11) is 2.61. The van der Waals surface area contributed by atoms with Crippen LogP contribution in [0.5, 0.6) is 0 Å². The molecule has 0 saturated heterocycles. The lowest BCUT2D eigenvalue weighted by Gasteiger charge is -2.03. The summed E-state index contributed by atoms with van der Waals surface area (Å²) >= 11 is 1.15. The van der Waals surface area contributed by atoms with E-state index >= 15 is 0 Å². The zero-order valence-electron chi connectivity index (χ0n) is 8.87. The van der Waals surface area contributed by atoms with Crippen LogP contribution in [0.2, 0.25) is 0 Å². The van der Waals surface area contributed by atoms with Crippen LogP contribution < -0.4 is 0 Å². The number of ether oxygens (including phenoxy) is 2. The molecule has 0 amide bonds. The van der Waals surface area contributed by atoms with E-state index in [9.17, 15) is 9.59 Å². The highest BCUT2D eigenvalue weighted by Gasteiger charge is 2.11. The summed E-state index contributed by atoms with van der Waals surface area (Å²) in [5, 5.41) is 7.88. The largest absolute Gasteiger partial charge is 0.468 e. The average Bonchev–Trinajstić information content (AvgIpc) is 2.73. The molecule has 0 unspecified atom stereocenters. The molecule has 1 heterocycles. The van der Waals surface area contributed by atoms with E-state index in [0.717, 1.165) is 11.8 Å². The van der Waals surface area contributed by atoms with Gasteiger partial charge in [-0.05, 0) is 0 Å². The highest BCUT2D eigenvalue weighted by molar-refractivity contribution is 7.99. The van der Waals surface area contributed by atoms with Gasteiger partial charge in [0.15, 0.2) is 5.16 Å². The molecule has 0 aliphatic rings. The van der Waals surface area contributed by atoms with Crippen molar-refractivity contribution in [1.29, 1.82) is 0 Å². The molecule has 0 fully saturated rings. The summed E-state index contributed by atoms with van der Waals surface area (Å²) in [4.78, 5) is 21.9. The van der Waals surface area contributed by atoms with E-state index in [0.29, 0.717) is 5.16 Å². The maximum absolute atomic E-state index is 11.0. The molecular weight excluding hydrogens is 234 g/mol. The number of hydrogen-bond donors (Lipinski definition) is 0. The highest BCUT2D eigenvalue weighted by Crippen LogP contribution is 2.14. The number of esters is 2. The maximum Gasteiger partial charge on any atom is 0.325 e. The second-order valence-electron chi connectivity index (χ2n) is 2.68. The van der Waals surface area contributed by atoms with Crippen molar-refractivity contribution in [2.75, 3.05) is 20.0 Å². The van der Waals surface area contributed by atoms with Gasteiger partial charge in [-0.25, -0.2) is 0 Å². The van der Waals surface area contributed by atoms with Gasteiger partial charge in [-0.15, -0.1) is 10.2 Å². The van der Waals surface area contributed by atoms with Gasteiger partial charge in [0.25, 0.3) is 0 Å². The minimum Gasteiger partial charge on any atom is -0.468 e. The van der Waals surface area contributed by atoms with Gasteiger partial charge in [0.1, 0.15) is 12.9 Å². The number of aromatic nitrogens is 3. The van der Waals surface area contributed by atoms with Crippen LogP contribution in [0, 0.1) is 0 Å². The summed E-state index contributed by atoms with van der Waals surface area (Å²) in [5.74, 6) is -0.645. The Labute approximate surface area is 96.1 Å². The topological polar surface area (TPSA) is 83.3 Å². The van der Waals surface area contributed by atoms with E-state index in [1.807, 2.05) is 0 Å². The van der Waals surface area contributed by atoms with Crippen molar-refractivity contribution in [2.45, 2.75) is 11.7 Å². The summed E-state index contributed by atoms with van der Waals surface area (Å²) in [5.41, 5.74) is 0. The third kappa shape index (κ3) is 3.54. The number of methoxy groups -OCH3 is 2. The van der Waals surface area contributed by atoms with Gasteiger partial charge in [-0.1, -0.05) is 11.8 Å². The zero-order chi connectivity index (χ0) is 12.0. The molecule has 88 valence electrons. The molecule has 0 bridgehead atoms. The molecule has 0 spiro atoms. The molecule has 1 aromatic heterocycles. The predicted molar refractivity (Wildman–Crippen MR) is 54.8 cm³/mol. The summed E-state index contributed by atoms with van der Waals surface area (Å²) in [6.07, 6.45) is 1.40. The quantitative estimate of drug-likeness (QED) is 0.521. The fourth-order valence-corrected chi connectivity index (χ4v) is 1.60. The number of rotatable bonds is 5. The Morgan fingerprint density at radius 3 is 2.69 bits per heavy atom. The molecule has 0 aromatic carbocycles. The van der Waals surface area contributed by atoms with Gasteiger partial charge in [0.2, 0.25) is 0 Å². The molecule has 1 rings (SSSR count). The van der Waals surface area contributed by atoms with Crippen molar-refractivity contribution in [3.8, 4) is 0 Å². The Morgan fingerprint density at radius 1 is 1.38 bits per heavy atom. The predicted octanol–water partition coefficient (Wildman–Crippen LogP) is -0.284. The monoisotopic (exact) mass is 245 g/mol. The van der Waals surface area contributed by atoms with Crippen molar-refractivity contribution < 1.29 is 19.1 Å². The molecule has 8 heteroatoms. The van der Waals surface area contributed by atoms with Crippen LogP contribution in [0.25, 0.3) is 0 Å². The molecule has 0 radical (unpaired) electrons. The Morgan fingerprint density at radius 2 is 2.06 bits per heavy atom. The first kappa shape index (κ1) is 12.5. The fraction of sp³-hybridized carbons (Fsp3) is 0.500. The number of nitrogens with zero attached hydrogens (tertiary/aromatic N) is 3. The van der Waals surface area contributed by atoms with Gasteiger partial charge in [0.05, 0.1) is 20.0 Å². The summed E-state index contributed by atoms with van der Waals surface area (Å²) < 4.78 is 10.5. The lowest BCUT2D eigenvalue weighted by atomic mass is 10.6.